The van der Waals surface area contributed by atoms with Gasteiger partial charge >= 0.3 is 0 Å². The zero-order valence-electron chi connectivity index (χ0n) is 14.6. The lowest BCUT2D eigenvalue weighted by atomic mass is 10.0. The van der Waals surface area contributed by atoms with E-state index in [-0.39, 0.29) is 17.5 Å². The average Bonchev–Trinajstić information content (AvgIpc) is 2.54. The van der Waals surface area contributed by atoms with Crippen LogP contribution in [0.4, 0.5) is 11.4 Å². The predicted molar refractivity (Wildman–Crippen MR) is 102 cm³/mol. The molecule has 1 aromatic rings. The van der Waals surface area contributed by atoms with E-state index in [2.05, 4.69) is 20.4 Å². The summed E-state index contributed by atoms with van der Waals surface area (Å²) in [6.45, 7) is 5.51. The van der Waals surface area contributed by atoms with Crippen molar-refractivity contribution in [2.75, 3.05) is 24.3 Å². The van der Waals surface area contributed by atoms with Crippen molar-refractivity contribution in [1.82, 2.24) is 5.01 Å². The van der Waals surface area contributed by atoms with Crippen molar-refractivity contribution in [2.24, 2.45) is 20.8 Å². The first-order valence-electron chi connectivity index (χ1n) is 8.42. The number of rotatable bonds is 2. The van der Waals surface area contributed by atoms with Crippen molar-refractivity contribution >= 4 is 29.5 Å². The Morgan fingerprint density at radius 3 is 2.72 bits per heavy atom. The molecule has 0 radical (unpaired) electrons. The van der Waals surface area contributed by atoms with Gasteiger partial charge in [0.1, 0.15) is 0 Å². The molecule has 3 rings (SSSR count). The quantitative estimate of drug-likeness (QED) is 0.429. The third kappa shape index (κ3) is 4.27. The number of nitrogens with zero attached hydrogens (tertiary/aromatic N) is 4. The molecule has 25 heavy (non-hydrogen) atoms. The minimum absolute atomic E-state index is 0.152. The van der Waals surface area contributed by atoms with Gasteiger partial charge in [-0.15, -0.1) is 0 Å². The van der Waals surface area contributed by atoms with Gasteiger partial charge in [-0.05, 0) is 44.9 Å². The predicted octanol–water partition coefficient (Wildman–Crippen LogP) is 1.61. The summed E-state index contributed by atoms with van der Waals surface area (Å²) in [5.41, 5.74) is 13.2. The van der Waals surface area contributed by atoms with E-state index in [1.54, 1.807) is 5.01 Å². The van der Waals surface area contributed by atoms with E-state index in [1.807, 2.05) is 44.3 Å². The first-order chi connectivity index (χ1) is 11.9. The number of anilines is 2. The summed E-state index contributed by atoms with van der Waals surface area (Å²) < 4.78 is 5.35. The van der Waals surface area contributed by atoms with Crippen LogP contribution in [-0.2, 0) is 4.74 Å². The summed E-state index contributed by atoms with van der Waals surface area (Å²) >= 11 is 0. The monoisotopic (exact) mass is 343 g/mol. The van der Waals surface area contributed by atoms with Crippen LogP contribution in [-0.4, -0.2) is 47.9 Å². The fraction of sp³-hybridized carbons (Fsp3) is 0.471. The Labute approximate surface area is 147 Å². The molecule has 8 heteroatoms. The van der Waals surface area contributed by atoms with Gasteiger partial charge in [-0.25, -0.2) is 10.0 Å². The second-order valence-corrected chi connectivity index (χ2v) is 6.73. The molecule has 0 atom stereocenters. The summed E-state index contributed by atoms with van der Waals surface area (Å²) in [6, 6.07) is 7.60. The molecule has 0 unspecified atom stereocenters. The number of hydrogen-bond donors (Lipinski definition) is 3. The molecule has 0 spiro atoms. The Bertz CT molecular complexity index is 705. The van der Waals surface area contributed by atoms with Crippen molar-refractivity contribution in [3.63, 3.8) is 0 Å². The second kappa shape index (κ2) is 7.10. The maximum Gasteiger partial charge on any atom is 0.228 e. The van der Waals surface area contributed by atoms with E-state index in [0.717, 1.165) is 18.5 Å². The van der Waals surface area contributed by atoms with Crippen molar-refractivity contribution < 1.29 is 4.74 Å². The third-order valence-corrected chi connectivity index (χ3v) is 4.10. The van der Waals surface area contributed by atoms with E-state index >= 15 is 0 Å². The molecule has 5 N–H and O–H groups in total. The molecule has 2 heterocycles. The van der Waals surface area contributed by atoms with Gasteiger partial charge in [0, 0.05) is 24.6 Å². The van der Waals surface area contributed by atoms with Gasteiger partial charge in [0.15, 0.2) is 0 Å². The summed E-state index contributed by atoms with van der Waals surface area (Å²) in [4.78, 5) is 8.98. The highest BCUT2D eigenvalue weighted by atomic mass is 16.5. The third-order valence-electron chi connectivity index (χ3n) is 4.10. The highest BCUT2D eigenvalue weighted by Crippen LogP contribution is 2.23. The Kier molecular flexibility index (Phi) is 4.89. The summed E-state index contributed by atoms with van der Waals surface area (Å²) in [5, 5.41) is 9.32. The van der Waals surface area contributed by atoms with E-state index < -0.39 is 0 Å². The molecule has 134 valence electrons. The molecule has 1 aromatic carbocycles. The number of ether oxygens (including phenoxy) is 1. The van der Waals surface area contributed by atoms with Gasteiger partial charge in [0.05, 0.1) is 17.8 Å². The van der Waals surface area contributed by atoms with Crippen LogP contribution < -0.4 is 16.8 Å². The van der Waals surface area contributed by atoms with Crippen molar-refractivity contribution in [2.45, 2.75) is 38.3 Å². The summed E-state index contributed by atoms with van der Waals surface area (Å²) in [6.07, 6.45) is 3.58. The van der Waals surface area contributed by atoms with E-state index in [1.165, 1.54) is 0 Å². The number of hydrazone groups is 1. The average molecular weight is 343 g/mol. The number of nitrogen functional groups attached to an aromatic ring is 1. The van der Waals surface area contributed by atoms with Gasteiger partial charge < -0.3 is 21.5 Å². The van der Waals surface area contributed by atoms with Gasteiger partial charge in [0.2, 0.25) is 11.9 Å². The molecule has 2 aliphatic heterocycles. The fourth-order valence-corrected chi connectivity index (χ4v) is 2.69. The molecular formula is C17H25N7O. The Morgan fingerprint density at radius 1 is 1.36 bits per heavy atom. The number of nitrogens with one attached hydrogen (secondary N) is 1. The molecule has 0 amide bonds. The Hall–Kier alpha value is -2.61. The van der Waals surface area contributed by atoms with Crippen LogP contribution in [0.1, 0.15) is 26.7 Å². The van der Waals surface area contributed by atoms with Crippen LogP contribution in [0, 0.1) is 0 Å². The number of guanidine groups is 2. The molecule has 2 aliphatic rings. The van der Waals surface area contributed by atoms with Gasteiger partial charge in [-0.3, -0.25) is 0 Å². The molecule has 8 nitrogen and oxygen atoms in total. The number of aliphatic imine (C=N–C) groups is 2. The van der Waals surface area contributed by atoms with Crippen molar-refractivity contribution in [3.05, 3.63) is 24.3 Å². The van der Waals surface area contributed by atoms with E-state index in [9.17, 15) is 0 Å². The molecule has 0 aliphatic carbocycles. The lowest BCUT2D eigenvalue weighted by molar-refractivity contribution is 0.0871. The molecular weight excluding hydrogens is 318 g/mol. The van der Waals surface area contributed by atoms with Crippen LogP contribution >= 0.6 is 0 Å². The van der Waals surface area contributed by atoms with Gasteiger partial charge in [-0.1, -0.05) is 6.07 Å². The highest BCUT2D eigenvalue weighted by Gasteiger charge is 2.35. The fourth-order valence-electron chi connectivity index (χ4n) is 2.69. The summed E-state index contributed by atoms with van der Waals surface area (Å²) in [5.74, 6) is 0.752. The number of nitrogens with two attached hydrogens (primary N) is 2. The van der Waals surface area contributed by atoms with Gasteiger partial charge in [-0.2, -0.15) is 10.1 Å². The normalized spacial score (nSPS) is 21.1. The Morgan fingerprint density at radius 2 is 2.12 bits per heavy atom. The Balaban J connectivity index is 1.82. The number of hydrogen-bond acceptors (Lipinski definition) is 4. The summed E-state index contributed by atoms with van der Waals surface area (Å²) in [7, 11) is 0. The van der Waals surface area contributed by atoms with Crippen molar-refractivity contribution in [3.8, 4) is 0 Å². The molecule has 0 saturated carbocycles. The lowest BCUT2D eigenvalue weighted by Crippen LogP contribution is -2.55. The topological polar surface area (TPSA) is 114 Å². The first-order valence-corrected chi connectivity index (χ1v) is 8.42. The largest absolute Gasteiger partial charge is 0.399 e. The van der Waals surface area contributed by atoms with Crippen LogP contribution in [0.3, 0.4) is 0 Å². The first kappa shape index (κ1) is 17.2. The van der Waals surface area contributed by atoms with E-state index in [0.29, 0.717) is 24.9 Å². The van der Waals surface area contributed by atoms with Crippen LogP contribution in [0.5, 0.6) is 0 Å². The molecule has 1 saturated heterocycles. The zero-order valence-corrected chi connectivity index (χ0v) is 14.6. The SMILES string of the molecule is CC1(C)C=NN1C(=NC(N)=NC1CCOCC1)Nc1cccc(N)c1. The maximum atomic E-state index is 6.07. The highest BCUT2D eigenvalue weighted by molar-refractivity contribution is 6.04. The zero-order chi connectivity index (χ0) is 17.9. The van der Waals surface area contributed by atoms with E-state index in [4.69, 9.17) is 16.2 Å². The molecule has 0 bridgehead atoms. The maximum absolute atomic E-state index is 6.07. The standard InChI is InChI=1S/C17H25N7O/c1-17(2)11-20-24(17)16(22-14-5-3-4-12(18)10-14)23-15(19)21-13-6-8-25-9-7-13/h3-5,10-11,13H,6-9,18H2,1-2H3,(H3,19,21,22,23). The lowest BCUT2D eigenvalue weighted by Gasteiger charge is -2.40. The molecule has 1 fully saturated rings. The minimum Gasteiger partial charge on any atom is -0.399 e. The van der Waals surface area contributed by atoms with Crippen molar-refractivity contribution in [1.29, 1.82) is 0 Å². The smallest absolute Gasteiger partial charge is 0.228 e. The van der Waals surface area contributed by atoms with Crippen LogP contribution in [0.25, 0.3) is 0 Å². The number of benzene rings is 1. The van der Waals surface area contributed by atoms with Crippen LogP contribution in [0.2, 0.25) is 0 Å². The van der Waals surface area contributed by atoms with Crippen LogP contribution in [0.15, 0.2) is 39.4 Å². The second-order valence-electron chi connectivity index (χ2n) is 6.73. The molecule has 0 aromatic heterocycles. The minimum atomic E-state index is -0.245. The van der Waals surface area contributed by atoms with Gasteiger partial charge in [0.25, 0.3) is 0 Å².